The molecule has 2 N–H and O–H groups in total. The Morgan fingerprint density at radius 3 is 2.55 bits per heavy atom. The van der Waals surface area contributed by atoms with E-state index < -0.39 is 0 Å². The summed E-state index contributed by atoms with van der Waals surface area (Å²) in [6, 6.07) is 0.359. The molecule has 2 fully saturated rings. The van der Waals surface area contributed by atoms with E-state index in [4.69, 9.17) is 15.2 Å². The Balaban J connectivity index is 1.79. The molecule has 0 unspecified atom stereocenters. The minimum absolute atomic E-state index is 0.301. The standard InChI is InChI=1S/C15H23N3O2/c1-12(5-8-17-13(2)16)11-18-14-3-6-15(7-4-14)19-9-10-20-15/h5,8,11,14H,2-4,6-7,9-10,16H2,1H3/b12-5+,17-8-,18-11?. The maximum atomic E-state index is 5.71. The molecule has 5 nitrogen and oxygen atoms in total. The molecule has 2 rings (SSSR count). The fraction of sp³-hybridized carbons (Fsp3) is 0.600. The first kappa shape index (κ1) is 14.9. The molecule has 0 atom stereocenters. The number of hydrogen-bond donors (Lipinski definition) is 1. The topological polar surface area (TPSA) is 69.2 Å². The average molecular weight is 277 g/mol. The van der Waals surface area contributed by atoms with E-state index in [1.54, 1.807) is 6.21 Å². The molecule has 0 amide bonds. The average Bonchev–Trinajstić information content (AvgIpc) is 2.86. The zero-order valence-electron chi connectivity index (χ0n) is 12.0. The molecule has 2 aliphatic rings. The summed E-state index contributed by atoms with van der Waals surface area (Å²) in [4.78, 5) is 8.51. The van der Waals surface area contributed by atoms with Gasteiger partial charge < -0.3 is 15.2 Å². The van der Waals surface area contributed by atoms with Gasteiger partial charge in [0.15, 0.2) is 5.79 Å². The lowest BCUT2D eigenvalue weighted by Crippen LogP contribution is -2.36. The summed E-state index contributed by atoms with van der Waals surface area (Å²) in [5.41, 5.74) is 6.39. The summed E-state index contributed by atoms with van der Waals surface area (Å²) in [6.45, 7) is 6.94. The molecule has 1 spiro atoms. The van der Waals surface area contributed by atoms with Crippen LogP contribution in [-0.4, -0.2) is 37.5 Å². The van der Waals surface area contributed by atoms with Gasteiger partial charge in [-0.3, -0.25) is 4.99 Å². The number of allylic oxidation sites excluding steroid dienone is 2. The first-order chi connectivity index (χ1) is 9.60. The number of nitrogens with zero attached hydrogens (tertiary/aromatic N) is 2. The molecule has 1 heterocycles. The van der Waals surface area contributed by atoms with Gasteiger partial charge in [0, 0.05) is 25.3 Å². The van der Waals surface area contributed by atoms with Crippen LogP contribution in [0.1, 0.15) is 32.6 Å². The molecule has 20 heavy (non-hydrogen) atoms. The van der Waals surface area contributed by atoms with E-state index in [0.29, 0.717) is 11.9 Å². The minimum Gasteiger partial charge on any atom is -0.384 e. The van der Waals surface area contributed by atoms with Crippen LogP contribution in [0.3, 0.4) is 0 Å². The van der Waals surface area contributed by atoms with E-state index in [-0.39, 0.29) is 5.79 Å². The number of ether oxygens (including phenoxy) is 2. The largest absolute Gasteiger partial charge is 0.384 e. The maximum Gasteiger partial charge on any atom is 0.168 e. The highest BCUT2D eigenvalue weighted by molar-refractivity contribution is 5.86. The second-order valence-corrected chi connectivity index (χ2v) is 5.30. The third-order valence-electron chi connectivity index (χ3n) is 3.60. The molecule has 1 aliphatic heterocycles. The Labute approximate surface area is 120 Å². The number of hydrogen-bond acceptors (Lipinski definition) is 5. The van der Waals surface area contributed by atoms with Gasteiger partial charge in [0.1, 0.15) is 5.82 Å². The molecule has 0 bridgehead atoms. The molecule has 1 saturated heterocycles. The van der Waals surface area contributed by atoms with Crippen molar-refractivity contribution in [2.45, 2.75) is 44.4 Å². The minimum atomic E-state index is -0.301. The molecule has 5 heteroatoms. The molecular formula is C15H23N3O2. The summed E-state index contributed by atoms with van der Waals surface area (Å²) in [7, 11) is 0. The van der Waals surface area contributed by atoms with E-state index in [9.17, 15) is 0 Å². The Bertz CT molecular complexity index is 424. The van der Waals surface area contributed by atoms with Crippen LogP contribution in [0.15, 0.2) is 34.0 Å². The summed E-state index contributed by atoms with van der Waals surface area (Å²) < 4.78 is 11.4. The predicted octanol–water partition coefficient (Wildman–Crippen LogP) is 2.19. The third-order valence-corrected chi connectivity index (χ3v) is 3.60. The number of nitrogens with two attached hydrogens (primary N) is 1. The first-order valence-corrected chi connectivity index (χ1v) is 7.06. The Morgan fingerprint density at radius 1 is 1.30 bits per heavy atom. The number of aliphatic imine (C=N–C) groups is 2. The second-order valence-electron chi connectivity index (χ2n) is 5.30. The van der Waals surface area contributed by atoms with E-state index in [1.807, 2.05) is 19.2 Å². The molecule has 0 radical (unpaired) electrons. The summed E-state index contributed by atoms with van der Waals surface area (Å²) in [5.74, 6) is 0.00513. The fourth-order valence-corrected chi connectivity index (χ4v) is 2.49. The number of rotatable bonds is 4. The Hall–Kier alpha value is -1.46. The first-order valence-electron chi connectivity index (χ1n) is 7.06. The summed E-state index contributed by atoms with van der Waals surface area (Å²) in [5, 5.41) is 0. The fourth-order valence-electron chi connectivity index (χ4n) is 2.49. The van der Waals surface area contributed by atoms with E-state index in [2.05, 4.69) is 16.6 Å². The van der Waals surface area contributed by atoms with Gasteiger partial charge in [-0.2, -0.15) is 0 Å². The molecule has 0 aromatic rings. The Morgan fingerprint density at radius 2 is 1.95 bits per heavy atom. The van der Waals surface area contributed by atoms with Crippen molar-refractivity contribution >= 4 is 12.4 Å². The van der Waals surface area contributed by atoms with Crippen molar-refractivity contribution in [2.24, 2.45) is 15.7 Å². The van der Waals surface area contributed by atoms with Crippen molar-refractivity contribution in [3.8, 4) is 0 Å². The van der Waals surface area contributed by atoms with Gasteiger partial charge in [-0.05, 0) is 31.4 Å². The molecule has 1 saturated carbocycles. The molecular weight excluding hydrogens is 254 g/mol. The van der Waals surface area contributed by atoms with Gasteiger partial charge in [0.25, 0.3) is 0 Å². The highest BCUT2D eigenvalue weighted by atomic mass is 16.7. The van der Waals surface area contributed by atoms with Crippen LogP contribution >= 0.6 is 0 Å². The van der Waals surface area contributed by atoms with Crippen molar-refractivity contribution < 1.29 is 9.47 Å². The van der Waals surface area contributed by atoms with Crippen LogP contribution in [0.2, 0.25) is 0 Å². The maximum absolute atomic E-state index is 5.71. The van der Waals surface area contributed by atoms with Crippen LogP contribution < -0.4 is 5.73 Å². The summed E-state index contributed by atoms with van der Waals surface area (Å²) >= 11 is 0. The van der Waals surface area contributed by atoms with Gasteiger partial charge in [0.05, 0.1) is 19.3 Å². The molecule has 1 aliphatic carbocycles. The lowest BCUT2D eigenvalue weighted by Gasteiger charge is -2.33. The summed E-state index contributed by atoms with van der Waals surface area (Å²) in [6.07, 6.45) is 9.30. The highest BCUT2D eigenvalue weighted by Gasteiger charge is 2.40. The smallest absolute Gasteiger partial charge is 0.168 e. The van der Waals surface area contributed by atoms with Crippen molar-refractivity contribution in [3.05, 3.63) is 24.0 Å². The van der Waals surface area contributed by atoms with Gasteiger partial charge in [-0.25, -0.2) is 4.99 Å². The SMILES string of the molecule is C=C(N)/N=C\C=C(/C)C=NC1CCC2(CC1)OCCO2. The lowest BCUT2D eigenvalue weighted by molar-refractivity contribution is -0.178. The van der Waals surface area contributed by atoms with Gasteiger partial charge >= 0.3 is 0 Å². The zero-order chi connectivity index (χ0) is 14.4. The van der Waals surface area contributed by atoms with Crippen molar-refractivity contribution in [2.75, 3.05) is 13.2 Å². The molecule has 0 aromatic heterocycles. The van der Waals surface area contributed by atoms with Crippen LogP contribution in [0.25, 0.3) is 0 Å². The second kappa shape index (κ2) is 6.81. The van der Waals surface area contributed by atoms with Crippen molar-refractivity contribution in [1.82, 2.24) is 0 Å². The van der Waals surface area contributed by atoms with Gasteiger partial charge in [0.2, 0.25) is 0 Å². The van der Waals surface area contributed by atoms with Crippen molar-refractivity contribution in [1.29, 1.82) is 0 Å². The zero-order valence-corrected chi connectivity index (χ0v) is 12.0. The van der Waals surface area contributed by atoms with Crippen LogP contribution in [0, 0.1) is 0 Å². The highest BCUT2D eigenvalue weighted by Crippen LogP contribution is 2.36. The third kappa shape index (κ3) is 4.28. The quantitative estimate of drug-likeness (QED) is 0.801. The van der Waals surface area contributed by atoms with Crippen LogP contribution in [-0.2, 0) is 9.47 Å². The predicted molar refractivity (Wildman–Crippen MR) is 81.0 cm³/mol. The molecule has 0 aromatic carbocycles. The Kier molecular flexibility index (Phi) is 5.09. The van der Waals surface area contributed by atoms with E-state index in [1.165, 1.54) is 0 Å². The van der Waals surface area contributed by atoms with Gasteiger partial charge in [-0.1, -0.05) is 6.58 Å². The molecule has 110 valence electrons. The van der Waals surface area contributed by atoms with Crippen LogP contribution in [0.4, 0.5) is 0 Å². The lowest BCUT2D eigenvalue weighted by atomic mass is 9.90. The van der Waals surface area contributed by atoms with Gasteiger partial charge in [-0.15, -0.1) is 0 Å². The van der Waals surface area contributed by atoms with E-state index >= 15 is 0 Å². The van der Waals surface area contributed by atoms with E-state index in [0.717, 1.165) is 44.5 Å². The normalized spacial score (nSPS) is 24.1. The van der Waals surface area contributed by atoms with Crippen LogP contribution in [0.5, 0.6) is 0 Å². The monoisotopic (exact) mass is 277 g/mol. The van der Waals surface area contributed by atoms with Crippen molar-refractivity contribution in [3.63, 3.8) is 0 Å².